The Labute approximate surface area is 199 Å². The number of hydrogen-bond acceptors (Lipinski definition) is 4. The minimum absolute atomic E-state index is 0.0135. The summed E-state index contributed by atoms with van der Waals surface area (Å²) in [6.45, 7) is 2.26. The minimum Gasteiger partial charge on any atom is -0.487 e. The summed E-state index contributed by atoms with van der Waals surface area (Å²) in [5, 5.41) is 0. The summed E-state index contributed by atoms with van der Waals surface area (Å²) in [6, 6.07) is 10.3. The van der Waals surface area contributed by atoms with E-state index in [0.717, 1.165) is 12.1 Å². The molecular formula is C26H24F5NO3. The van der Waals surface area contributed by atoms with Crippen LogP contribution in [0.3, 0.4) is 0 Å². The summed E-state index contributed by atoms with van der Waals surface area (Å²) in [6.07, 6.45) is -0.145. The highest BCUT2D eigenvalue weighted by Crippen LogP contribution is 2.31. The molecule has 2 N–H and O–H groups in total. The fourth-order valence-electron chi connectivity index (χ4n) is 3.76. The van der Waals surface area contributed by atoms with Gasteiger partial charge in [-0.1, -0.05) is 31.2 Å². The van der Waals surface area contributed by atoms with Crippen LogP contribution >= 0.6 is 0 Å². The molecule has 1 atom stereocenters. The van der Waals surface area contributed by atoms with Gasteiger partial charge in [0.15, 0.2) is 41.1 Å². The van der Waals surface area contributed by atoms with E-state index in [1.807, 2.05) is 6.92 Å². The van der Waals surface area contributed by atoms with Crippen LogP contribution in [0.1, 0.15) is 36.8 Å². The molecule has 0 bridgehead atoms. The zero-order valence-electron chi connectivity index (χ0n) is 18.9. The molecule has 35 heavy (non-hydrogen) atoms. The number of hydrogen-bond donors (Lipinski definition) is 1. The van der Waals surface area contributed by atoms with Gasteiger partial charge in [-0.25, -0.2) is 22.0 Å². The molecule has 1 heterocycles. The van der Waals surface area contributed by atoms with Gasteiger partial charge in [-0.15, -0.1) is 0 Å². The van der Waals surface area contributed by atoms with Crippen LogP contribution in [0.2, 0.25) is 0 Å². The maximum atomic E-state index is 14.3. The summed E-state index contributed by atoms with van der Waals surface area (Å²) < 4.78 is 85.6. The van der Waals surface area contributed by atoms with E-state index in [-0.39, 0.29) is 31.3 Å². The predicted molar refractivity (Wildman–Crippen MR) is 119 cm³/mol. The number of rotatable bonds is 7. The second-order valence-corrected chi connectivity index (χ2v) is 8.38. The average molecular weight is 493 g/mol. The summed E-state index contributed by atoms with van der Waals surface area (Å²) in [4.78, 5) is 0. The Bertz CT molecular complexity index is 1130. The van der Waals surface area contributed by atoms with Crippen molar-refractivity contribution >= 4 is 0 Å². The number of ether oxygens (including phenoxy) is 3. The van der Waals surface area contributed by atoms with Crippen LogP contribution in [0.25, 0.3) is 11.1 Å². The van der Waals surface area contributed by atoms with E-state index in [0.29, 0.717) is 23.1 Å². The second-order valence-electron chi connectivity index (χ2n) is 8.38. The topological polar surface area (TPSA) is 53.7 Å². The summed E-state index contributed by atoms with van der Waals surface area (Å²) >= 11 is 0. The Morgan fingerprint density at radius 3 is 1.97 bits per heavy atom. The van der Waals surface area contributed by atoms with E-state index >= 15 is 0 Å². The maximum Gasteiger partial charge on any atom is 0.194 e. The van der Waals surface area contributed by atoms with Crippen LogP contribution in [0.15, 0.2) is 48.5 Å². The molecule has 1 aliphatic heterocycles. The molecule has 0 spiro atoms. The standard InChI is InChI=1S/C26H24F5NO3/c1-2-23(32)18-9-21(29)25(22(30)10-18)33-11-14-12-34-26(35-13-14)16-5-3-15(4-6-16)17-7-19(27)24(31)20(28)8-17/h3-10,14,23,26H,2,11-13,32H2,1H3. The molecule has 1 unspecified atom stereocenters. The van der Waals surface area contributed by atoms with Crippen LogP contribution in [0.5, 0.6) is 5.75 Å². The summed E-state index contributed by atoms with van der Waals surface area (Å²) in [7, 11) is 0. The van der Waals surface area contributed by atoms with Gasteiger partial charge in [0, 0.05) is 17.5 Å². The smallest absolute Gasteiger partial charge is 0.194 e. The van der Waals surface area contributed by atoms with E-state index in [9.17, 15) is 22.0 Å². The number of nitrogens with two attached hydrogens (primary N) is 1. The highest BCUT2D eigenvalue weighted by atomic mass is 19.2. The molecular weight excluding hydrogens is 469 g/mol. The number of benzene rings is 3. The first-order valence-electron chi connectivity index (χ1n) is 11.1. The Hall–Kier alpha value is -3.01. The lowest BCUT2D eigenvalue weighted by Gasteiger charge is -2.29. The Kier molecular flexibility index (Phi) is 7.69. The zero-order chi connectivity index (χ0) is 25.1. The first-order chi connectivity index (χ1) is 16.8. The van der Waals surface area contributed by atoms with Gasteiger partial charge in [-0.05, 0) is 47.4 Å². The Balaban J connectivity index is 1.33. The molecule has 3 aromatic rings. The first-order valence-corrected chi connectivity index (χ1v) is 11.1. The third-order valence-corrected chi connectivity index (χ3v) is 5.82. The van der Waals surface area contributed by atoms with Crippen molar-refractivity contribution in [1.29, 1.82) is 0 Å². The van der Waals surface area contributed by atoms with Gasteiger partial charge >= 0.3 is 0 Å². The molecule has 4 rings (SSSR count). The van der Waals surface area contributed by atoms with Gasteiger partial charge < -0.3 is 19.9 Å². The predicted octanol–water partition coefficient (Wildman–Crippen LogP) is 6.20. The largest absolute Gasteiger partial charge is 0.487 e. The van der Waals surface area contributed by atoms with Crippen LogP contribution in [0, 0.1) is 35.0 Å². The number of halogens is 5. The van der Waals surface area contributed by atoms with Crippen molar-refractivity contribution in [2.75, 3.05) is 19.8 Å². The van der Waals surface area contributed by atoms with E-state index in [1.54, 1.807) is 24.3 Å². The second kappa shape index (κ2) is 10.7. The highest BCUT2D eigenvalue weighted by molar-refractivity contribution is 5.64. The van der Waals surface area contributed by atoms with Gasteiger partial charge in [0.1, 0.15) is 0 Å². The van der Waals surface area contributed by atoms with Gasteiger partial charge in [0.2, 0.25) is 0 Å². The van der Waals surface area contributed by atoms with Crippen molar-refractivity contribution in [3.8, 4) is 16.9 Å². The van der Waals surface area contributed by atoms with Crippen molar-refractivity contribution < 1.29 is 36.2 Å². The molecule has 0 aliphatic carbocycles. The van der Waals surface area contributed by atoms with Crippen LogP contribution in [-0.2, 0) is 9.47 Å². The molecule has 1 aliphatic rings. The monoisotopic (exact) mass is 493 g/mol. The van der Waals surface area contributed by atoms with E-state index in [1.165, 1.54) is 12.1 Å². The quantitative estimate of drug-likeness (QED) is 0.315. The minimum atomic E-state index is -1.52. The lowest BCUT2D eigenvalue weighted by Crippen LogP contribution is -2.31. The Morgan fingerprint density at radius 2 is 1.43 bits per heavy atom. The molecule has 186 valence electrons. The molecule has 9 heteroatoms. The van der Waals surface area contributed by atoms with Gasteiger partial charge in [0.25, 0.3) is 0 Å². The highest BCUT2D eigenvalue weighted by Gasteiger charge is 2.25. The van der Waals surface area contributed by atoms with Crippen molar-refractivity contribution in [3.63, 3.8) is 0 Å². The zero-order valence-corrected chi connectivity index (χ0v) is 18.9. The molecule has 1 saturated heterocycles. The summed E-state index contributed by atoms with van der Waals surface area (Å²) in [5.74, 6) is -6.42. The fraction of sp³-hybridized carbons (Fsp3) is 0.308. The van der Waals surface area contributed by atoms with Crippen LogP contribution in [0.4, 0.5) is 22.0 Å². The molecule has 0 saturated carbocycles. The summed E-state index contributed by atoms with van der Waals surface area (Å²) in [5.41, 5.74) is 7.55. The Morgan fingerprint density at radius 1 is 0.857 bits per heavy atom. The molecule has 4 nitrogen and oxygen atoms in total. The van der Waals surface area contributed by atoms with Crippen LogP contribution in [-0.4, -0.2) is 19.8 Å². The first kappa shape index (κ1) is 25.1. The molecule has 0 aromatic heterocycles. The molecule has 0 radical (unpaired) electrons. The molecule has 0 amide bonds. The van der Waals surface area contributed by atoms with Crippen molar-refractivity contribution in [2.24, 2.45) is 11.7 Å². The lowest BCUT2D eigenvalue weighted by molar-refractivity contribution is -0.208. The lowest BCUT2D eigenvalue weighted by atomic mass is 10.0. The molecule has 1 fully saturated rings. The molecule has 3 aromatic carbocycles. The van der Waals surface area contributed by atoms with E-state index in [4.69, 9.17) is 19.9 Å². The maximum absolute atomic E-state index is 14.3. The third kappa shape index (κ3) is 5.63. The van der Waals surface area contributed by atoms with Crippen molar-refractivity contribution in [1.82, 2.24) is 0 Å². The fourth-order valence-corrected chi connectivity index (χ4v) is 3.76. The van der Waals surface area contributed by atoms with Crippen molar-refractivity contribution in [3.05, 3.63) is 88.7 Å². The van der Waals surface area contributed by atoms with Gasteiger partial charge in [0.05, 0.1) is 19.8 Å². The SMILES string of the molecule is CCC(N)c1cc(F)c(OCC2COC(c3ccc(-c4cc(F)c(F)c(F)c4)cc3)OC2)c(F)c1. The van der Waals surface area contributed by atoms with Crippen molar-refractivity contribution in [2.45, 2.75) is 25.7 Å². The third-order valence-electron chi connectivity index (χ3n) is 5.82. The van der Waals surface area contributed by atoms with Gasteiger partial charge in [-0.3, -0.25) is 0 Å². The van der Waals surface area contributed by atoms with Crippen LogP contribution < -0.4 is 10.5 Å². The normalized spacial score (nSPS) is 18.9. The van der Waals surface area contributed by atoms with Gasteiger partial charge in [-0.2, -0.15) is 0 Å². The van der Waals surface area contributed by atoms with E-state index in [2.05, 4.69) is 0 Å². The average Bonchev–Trinajstić information content (AvgIpc) is 2.86. The van der Waals surface area contributed by atoms with E-state index < -0.39 is 47.2 Å².